The van der Waals surface area contributed by atoms with Crippen molar-refractivity contribution < 1.29 is 9.90 Å². The van der Waals surface area contributed by atoms with Crippen LogP contribution >= 0.6 is 0 Å². The molecular formula is C25H25N5O4. The molecule has 4 rings (SSSR count). The molecule has 1 saturated heterocycles. The fourth-order valence-corrected chi connectivity index (χ4v) is 4.35. The van der Waals surface area contributed by atoms with Crippen LogP contribution < -0.4 is 21.9 Å². The summed E-state index contributed by atoms with van der Waals surface area (Å²) in [6.07, 6.45) is 1.69. The molecule has 2 aromatic carbocycles. The van der Waals surface area contributed by atoms with Crippen LogP contribution in [0.5, 0.6) is 0 Å². The summed E-state index contributed by atoms with van der Waals surface area (Å²) in [7, 11) is 0. The van der Waals surface area contributed by atoms with E-state index in [4.69, 9.17) is 5.73 Å². The summed E-state index contributed by atoms with van der Waals surface area (Å²) in [5.41, 5.74) is 6.52. The summed E-state index contributed by atoms with van der Waals surface area (Å²) >= 11 is 0. The number of aromatic carboxylic acids is 1. The third-order valence-corrected chi connectivity index (χ3v) is 6.08. The summed E-state index contributed by atoms with van der Waals surface area (Å²) in [4.78, 5) is 40.3. The quantitative estimate of drug-likeness (QED) is 0.572. The van der Waals surface area contributed by atoms with Crippen molar-refractivity contribution in [3.63, 3.8) is 0 Å². The Labute approximate surface area is 195 Å². The number of carboxylic acids is 1. The Morgan fingerprint density at radius 1 is 1.06 bits per heavy atom. The van der Waals surface area contributed by atoms with Crippen LogP contribution in [0.15, 0.2) is 64.2 Å². The first-order valence-corrected chi connectivity index (χ1v) is 11.0. The van der Waals surface area contributed by atoms with E-state index in [9.17, 15) is 24.8 Å². The van der Waals surface area contributed by atoms with Gasteiger partial charge in [-0.05, 0) is 36.1 Å². The number of hydrogen-bond donors (Lipinski definition) is 2. The number of benzene rings is 2. The van der Waals surface area contributed by atoms with Gasteiger partial charge in [-0.25, -0.2) is 9.59 Å². The minimum Gasteiger partial charge on any atom is -0.478 e. The number of nitriles is 1. The molecule has 0 amide bonds. The fraction of sp³-hybridized carbons (Fsp3) is 0.280. The van der Waals surface area contributed by atoms with Gasteiger partial charge in [-0.15, -0.1) is 0 Å². The van der Waals surface area contributed by atoms with Gasteiger partial charge in [0.1, 0.15) is 5.82 Å². The van der Waals surface area contributed by atoms with Crippen molar-refractivity contribution in [1.29, 1.82) is 5.26 Å². The second-order valence-electron chi connectivity index (χ2n) is 8.38. The van der Waals surface area contributed by atoms with Crippen molar-refractivity contribution in [2.45, 2.75) is 32.0 Å². The number of carboxylic acid groups (broad SMARTS) is 1. The third kappa shape index (κ3) is 4.63. The van der Waals surface area contributed by atoms with Gasteiger partial charge in [0.05, 0.1) is 30.3 Å². The van der Waals surface area contributed by atoms with E-state index in [1.807, 2.05) is 4.90 Å². The van der Waals surface area contributed by atoms with E-state index < -0.39 is 17.2 Å². The summed E-state index contributed by atoms with van der Waals surface area (Å²) < 4.78 is 2.50. The number of hydrogen-bond acceptors (Lipinski definition) is 6. The maximum absolute atomic E-state index is 13.7. The van der Waals surface area contributed by atoms with Gasteiger partial charge in [-0.2, -0.15) is 5.26 Å². The Morgan fingerprint density at radius 3 is 2.44 bits per heavy atom. The lowest BCUT2D eigenvalue weighted by Gasteiger charge is -2.34. The molecule has 1 fully saturated rings. The summed E-state index contributed by atoms with van der Waals surface area (Å²) in [6, 6.07) is 16.7. The van der Waals surface area contributed by atoms with Gasteiger partial charge in [0.15, 0.2) is 0 Å². The lowest BCUT2D eigenvalue weighted by atomic mass is 10.1. The first-order valence-electron chi connectivity index (χ1n) is 11.0. The smallest absolute Gasteiger partial charge is 0.336 e. The molecule has 0 aliphatic carbocycles. The molecular weight excluding hydrogens is 434 g/mol. The van der Waals surface area contributed by atoms with Crippen LogP contribution in [-0.4, -0.2) is 39.3 Å². The van der Waals surface area contributed by atoms with Crippen molar-refractivity contribution in [3.05, 3.63) is 97.7 Å². The Kier molecular flexibility index (Phi) is 6.61. The lowest BCUT2D eigenvalue weighted by molar-refractivity contribution is 0.0695. The molecule has 0 saturated carbocycles. The second-order valence-corrected chi connectivity index (χ2v) is 8.38. The number of carbonyl (C=O) groups is 1. The van der Waals surface area contributed by atoms with E-state index in [1.165, 1.54) is 16.7 Å². The van der Waals surface area contributed by atoms with Crippen LogP contribution in [0.4, 0.5) is 5.82 Å². The summed E-state index contributed by atoms with van der Waals surface area (Å²) in [5.74, 6) is -0.688. The molecule has 3 aromatic rings. The average Bonchev–Trinajstić information content (AvgIpc) is 2.83. The van der Waals surface area contributed by atoms with E-state index in [0.29, 0.717) is 35.6 Å². The number of piperidine rings is 1. The predicted molar refractivity (Wildman–Crippen MR) is 127 cm³/mol. The first kappa shape index (κ1) is 23.0. The third-order valence-electron chi connectivity index (χ3n) is 6.08. The predicted octanol–water partition coefficient (Wildman–Crippen LogP) is 1.60. The topological polar surface area (TPSA) is 134 Å². The number of anilines is 1. The van der Waals surface area contributed by atoms with Crippen LogP contribution in [0, 0.1) is 11.3 Å². The normalized spacial score (nSPS) is 15.6. The molecule has 0 radical (unpaired) electrons. The number of nitrogens with zero attached hydrogens (tertiary/aromatic N) is 4. The number of nitrogens with two attached hydrogens (primary N) is 1. The van der Waals surface area contributed by atoms with E-state index in [1.54, 1.807) is 42.5 Å². The van der Waals surface area contributed by atoms with Gasteiger partial charge in [0.2, 0.25) is 0 Å². The van der Waals surface area contributed by atoms with Gasteiger partial charge < -0.3 is 15.7 Å². The highest BCUT2D eigenvalue weighted by molar-refractivity contribution is 5.89. The van der Waals surface area contributed by atoms with Crippen molar-refractivity contribution in [1.82, 2.24) is 9.13 Å². The van der Waals surface area contributed by atoms with Gasteiger partial charge in [-0.1, -0.05) is 36.4 Å². The zero-order chi connectivity index (χ0) is 24.2. The van der Waals surface area contributed by atoms with Crippen molar-refractivity contribution in [2.75, 3.05) is 18.0 Å². The molecule has 3 N–H and O–H groups in total. The van der Waals surface area contributed by atoms with Crippen molar-refractivity contribution in [2.24, 2.45) is 5.73 Å². The molecule has 174 valence electrons. The molecule has 9 nitrogen and oxygen atoms in total. The molecule has 2 heterocycles. The molecule has 0 unspecified atom stereocenters. The molecule has 0 bridgehead atoms. The van der Waals surface area contributed by atoms with E-state index in [0.717, 1.165) is 17.4 Å². The van der Waals surface area contributed by atoms with E-state index >= 15 is 0 Å². The highest BCUT2D eigenvalue weighted by Gasteiger charge is 2.23. The molecule has 1 aliphatic heterocycles. The maximum Gasteiger partial charge on any atom is 0.336 e. The molecule has 0 spiro atoms. The standard InChI is InChI=1S/C25H25N5O4/c26-13-17-6-1-2-7-18(17)14-29-22(28-11-5-9-20(27)16-28)12-23(31)30(25(29)34)15-19-8-3-4-10-21(19)24(32)33/h1-4,6-8,10,12,20H,5,9,11,14-16,27H2,(H,32,33)/t20-/m1/s1. The molecule has 1 aliphatic rings. The van der Waals surface area contributed by atoms with E-state index in [-0.39, 0.29) is 24.7 Å². The average molecular weight is 460 g/mol. The van der Waals surface area contributed by atoms with Crippen LogP contribution in [0.1, 0.15) is 39.9 Å². The zero-order valence-electron chi connectivity index (χ0n) is 18.6. The molecule has 1 aromatic heterocycles. The Morgan fingerprint density at radius 2 is 1.74 bits per heavy atom. The SMILES string of the molecule is N#Cc1ccccc1Cn1c(N2CCC[C@@H](N)C2)cc(=O)n(Cc2ccccc2C(=O)O)c1=O. The zero-order valence-corrected chi connectivity index (χ0v) is 18.6. The van der Waals surface area contributed by atoms with Gasteiger partial charge in [0.25, 0.3) is 5.56 Å². The fourth-order valence-electron chi connectivity index (χ4n) is 4.35. The Balaban J connectivity index is 1.86. The maximum atomic E-state index is 13.7. The number of aromatic nitrogens is 2. The number of rotatable bonds is 6. The van der Waals surface area contributed by atoms with Gasteiger partial charge in [0, 0.05) is 25.2 Å². The Bertz CT molecular complexity index is 1390. The largest absolute Gasteiger partial charge is 0.478 e. The molecule has 34 heavy (non-hydrogen) atoms. The highest BCUT2D eigenvalue weighted by Crippen LogP contribution is 2.19. The van der Waals surface area contributed by atoms with Crippen molar-refractivity contribution >= 4 is 11.8 Å². The minimum atomic E-state index is -1.13. The molecule has 1 atom stereocenters. The van der Waals surface area contributed by atoms with Crippen LogP contribution in [-0.2, 0) is 13.1 Å². The van der Waals surface area contributed by atoms with E-state index in [2.05, 4.69) is 6.07 Å². The Hall–Kier alpha value is -4.16. The van der Waals surface area contributed by atoms with Crippen LogP contribution in [0.3, 0.4) is 0 Å². The minimum absolute atomic E-state index is 0.0289. The molecule has 9 heteroatoms. The van der Waals surface area contributed by atoms with Crippen LogP contribution in [0.25, 0.3) is 0 Å². The summed E-state index contributed by atoms with van der Waals surface area (Å²) in [6.45, 7) is 1.06. The van der Waals surface area contributed by atoms with Crippen molar-refractivity contribution in [3.8, 4) is 6.07 Å². The van der Waals surface area contributed by atoms with Crippen LogP contribution in [0.2, 0.25) is 0 Å². The second kappa shape index (κ2) is 9.77. The van der Waals surface area contributed by atoms with Gasteiger partial charge >= 0.3 is 11.7 Å². The first-order chi connectivity index (χ1) is 16.4. The monoisotopic (exact) mass is 459 g/mol. The highest BCUT2D eigenvalue weighted by atomic mass is 16.4. The van der Waals surface area contributed by atoms with Gasteiger partial charge in [-0.3, -0.25) is 13.9 Å². The summed E-state index contributed by atoms with van der Waals surface area (Å²) in [5, 5.41) is 19.0. The lowest BCUT2D eigenvalue weighted by Crippen LogP contribution is -2.48.